The van der Waals surface area contributed by atoms with Crippen LogP contribution in [0.2, 0.25) is 0 Å². The van der Waals surface area contributed by atoms with Gasteiger partial charge in [0.05, 0.1) is 29.5 Å². The van der Waals surface area contributed by atoms with E-state index in [1.54, 1.807) is 19.4 Å². The molecule has 1 aliphatic heterocycles. The number of benzene rings is 3. The summed E-state index contributed by atoms with van der Waals surface area (Å²) in [4.78, 5) is 6.83. The van der Waals surface area contributed by atoms with Crippen LogP contribution in [0.3, 0.4) is 0 Å². The third-order valence-electron chi connectivity index (χ3n) is 7.12. The van der Waals surface area contributed by atoms with Gasteiger partial charge in [0, 0.05) is 49.0 Å². The molecule has 2 atom stereocenters. The predicted molar refractivity (Wildman–Crippen MR) is 150 cm³/mol. The highest BCUT2D eigenvalue weighted by molar-refractivity contribution is 6.02. The van der Waals surface area contributed by atoms with E-state index in [1.807, 2.05) is 43.3 Å². The number of hydrogen-bond acceptors (Lipinski definition) is 7. The Morgan fingerprint density at radius 2 is 1.97 bits per heavy atom. The molecule has 5 rings (SSSR count). The lowest BCUT2D eigenvalue weighted by atomic mass is 9.94. The van der Waals surface area contributed by atoms with E-state index in [2.05, 4.69) is 11.0 Å². The highest BCUT2D eigenvalue weighted by atomic mass is 19.1. The summed E-state index contributed by atoms with van der Waals surface area (Å²) in [5, 5.41) is 21.3. The van der Waals surface area contributed by atoms with E-state index in [4.69, 9.17) is 20.2 Å². The van der Waals surface area contributed by atoms with E-state index in [0.717, 1.165) is 38.8 Å². The summed E-state index contributed by atoms with van der Waals surface area (Å²) in [6, 6.07) is 18.2. The van der Waals surface area contributed by atoms with E-state index in [1.165, 1.54) is 12.1 Å². The number of aliphatic hydroxyl groups is 1. The molecule has 3 N–H and O–H groups in total. The average molecular weight is 527 g/mol. The number of halogens is 1. The van der Waals surface area contributed by atoms with Crippen molar-refractivity contribution in [2.45, 2.75) is 25.5 Å². The van der Waals surface area contributed by atoms with Crippen molar-refractivity contribution in [2.75, 3.05) is 38.3 Å². The van der Waals surface area contributed by atoms with Crippen molar-refractivity contribution < 1.29 is 19.0 Å². The van der Waals surface area contributed by atoms with Gasteiger partial charge in [-0.15, -0.1) is 0 Å². The van der Waals surface area contributed by atoms with Gasteiger partial charge < -0.3 is 25.2 Å². The number of rotatable bonds is 7. The number of pyridine rings is 1. The molecule has 1 unspecified atom stereocenters. The molecule has 0 bridgehead atoms. The third kappa shape index (κ3) is 5.43. The molecule has 39 heavy (non-hydrogen) atoms. The van der Waals surface area contributed by atoms with Crippen molar-refractivity contribution in [1.29, 1.82) is 5.26 Å². The Hall–Kier alpha value is -4.03. The number of para-hydroxylation sites is 1. The van der Waals surface area contributed by atoms with E-state index in [-0.39, 0.29) is 11.9 Å². The van der Waals surface area contributed by atoms with Crippen LogP contribution < -0.4 is 15.4 Å². The fourth-order valence-electron chi connectivity index (χ4n) is 5.18. The molecule has 1 fully saturated rings. The Morgan fingerprint density at radius 3 is 2.72 bits per heavy atom. The van der Waals surface area contributed by atoms with Gasteiger partial charge in [-0.2, -0.15) is 5.26 Å². The van der Waals surface area contributed by atoms with Crippen LogP contribution in [0.15, 0.2) is 60.8 Å². The Balaban J connectivity index is 1.72. The van der Waals surface area contributed by atoms with Gasteiger partial charge in [-0.25, -0.2) is 4.39 Å². The van der Waals surface area contributed by atoms with Crippen molar-refractivity contribution in [2.24, 2.45) is 5.73 Å². The molecule has 2 heterocycles. The van der Waals surface area contributed by atoms with Crippen molar-refractivity contribution in [3.05, 3.63) is 77.7 Å². The van der Waals surface area contributed by atoms with Crippen LogP contribution >= 0.6 is 0 Å². The van der Waals surface area contributed by atoms with Crippen LogP contribution in [-0.4, -0.2) is 55.6 Å². The number of fused-ring (bicyclic) bond motifs is 1. The topological polar surface area (TPSA) is 105 Å². The molecular weight excluding hydrogens is 495 g/mol. The second-order valence-electron chi connectivity index (χ2n) is 9.87. The summed E-state index contributed by atoms with van der Waals surface area (Å²) >= 11 is 0. The smallest absolute Gasteiger partial charge is 0.144 e. The zero-order chi connectivity index (χ0) is 27.5. The molecule has 1 saturated heterocycles. The number of piperidine rings is 1. The first-order valence-corrected chi connectivity index (χ1v) is 12.9. The standard InChI is InChI=1S/C31H31FN4O3/c1-19-12-22(14-23(32)13-19)26-17-35-28-7-6-20(15-25(28)30(26)36-9-8-27(34)29(37)18-36)24-5-3-4-21(16-33)31(24)39-11-10-38-2/h3-7,12-15,17,27,29,37H,8-11,18,34H2,1-2H3/t27-,29?/m1/s1. The van der Waals surface area contributed by atoms with Crippen LogP contribution in [0.1, 0.15) is 17.5 Å². The first-order valence-electron chi connectivity index (χ1n) is 12.9. The SMILES string of the molecule is COCCOc1c(C#N)cccc1-c1ccc2ncc(-c3cc(C)cc(F)c3)c(N3CC[C@@H](N)C(O)C3)c2c1. The summed E-state index contributed by atoms with van der Waals surface area (Å²) < 4.78 is 25.6. The molecule has 0 saturated carbocycles. The zero-order valence-corrected chi connectivity index (χ0v) is 22.0. The number of hydrogen-bond donors (Lipinski definition) is 2. The number of β-amino-alcohol motifs (C(OH)–C–C–N with tert-alkyl or cyclic N) is 1. The van der Waals surface area contributed by atoms with E-state index in [0.29, 0.717) is 49.6 Å². The summed E-state index contributed by atoms with van der Waals surface area (Å²) in [6.07, 6.45) is 1.69. The largest absolute Gasteiger partial charge is 0.489 e. The molecule has 1 aromatic heterocycles. The maximum atomic E-state index is 14.5. The van der Waals surface area contributed by atoms with Gasteiger partial charge in [0.25, 0.3) is 0 Å². The first-order chi connectivity index (χ1) is 18.9. The normalized spacial score (nSPS) is 17.3. The van der Waals surface area contributed by atoms with Crippen molar-refractivity contribution in [1.82, 2.24) is 4.98 Å². The molecule has 0 spiro atoms. The Labute approximate surface area is 227 Å². The summed E-state index contributed by atoms with van der Waals surface area (Å²) in [5.41, 5.74) is 12.1. The van der Waals surface area contributed by atoms with Gasteiger partial charge in [0.15, 0.2) is 0 Å². The number of nitrogens with two attached hydrogens (primary N) is 1. The predicted octanol–water partition coefficient (Wildman–Crippen LogP) is 4.81. The van der Waals surface area contributed by atoms with Gasteiger partial charge >= 0.3 is 0 Å². The fraction of sp³-hybridized carbons (Fsp3) is 0.290. The Kier molecular flexibility index (Phi) is 7.75. The minimum Gasteiger partial charge on any atom is -0.489 e. The van der Waals surface area contributed by atoms with E-state index in [9.17, 15) is 14.8 Å². The van der Waals surface area contributed by atoms with Gasteiger partial charge in [-0.1, -0.05) is 24.3 Å². The molecule has 200 valence electrons. The highest BCUT2D eigenvalue weighted by Crippen LogP contribution is 2.41. The molecule has 0 aliphatic carbocycles. The maximum Gasteiger partial charge on any atom is 0.144 e. The van der Waals surface area contributed by atoms with Crippen LogP contribution in [0.5, 0.6) is 5.75 Å². The zero-order valence-electron chi connectivity index (χ0n) is 22.0. The quantitative estimate of drug-likeness (QED) is 0.333. The molecule has 3 aromatic carbocycles. The number of methoxy groups -OCH3 is 1. The van der Waals surface area contributed by atoms with Crippen molar-refractivity contribution in [3.63, 3.8) is 0 Å². The first kappa shape index (κ1) is 26.6. The number of anilines is 1. The number of nitrogens with zero attached hydrogens (tertiary/aromatic N) is 3. The Morgan fingerprint density at radius 1 is 1.13 bits per heavy atom. The average Bonchev–Trinajstić information content (AvgIpc) is 2.93. The van der Waals surface area contributed by atoms with E-state index < -0.39 is 6.10 Å². The molecular formula is C31H31FN4O3. The fourth-order valence-corrected chi connectivity index (χ4v) is 5.18. The summed E-state index contributed by atoms with van der Waals surface area (Å²) in [7, 11) is 1.60. The van der Waals surface area contributed by atoms with Gasteiger partial charge in [0.2, 0.25) is 0 Å². The molecule has 8 heteroatoms. The van der Waals surface area contributed by atoms with Crippen LogP contribution in [0, 0.1) is 24.1 Å². The Bertz CT molecular complexity index is 1530. The van der Waals surface area contributed by atoms with Crippen LogP contribution in [0.25, 0.3) is 33.2 Å². The lowest BCUT2D eigenvalue weighted by molar-refractivity contribution is 0.132. The maximum absolute atomic E-state index is 14.5. The number of ether oxygens (including phenoxy) is 2. The van der Waals surface area contributed by atoms with Gasteiger partial charge in [-0.3, -0.25) is 4.98 Å². The van der Waals surface area contributed by atoms with Crippen LogP contribution in [-0.2, 0) is 4.74 Å². The number of aryl methyl sites for hydroxylation is 1. The van der Waals surface area contributed by atoms with Crippen molar-refractivity contribution in [3.8, 4) is 34.1 Å². The minimum absolute atomic E-state index is 0.301. The highest BCUT2D eigenvalue weighted by Gasteiger charge is 2.28. The molecule has 0 radical (unpaired) electrons. The number of nitriles is 1. The second kappa shape index (κ2) is 11.4. The lowest BCUT2D eigenvalue weighted by Gasteiger charge is -2.37. The number of aromatic nitrogens is 1. The molecule has 0 amide bonds. The third-order valence-corrected chi connectivity index (χ3v) is 7.12. The van der Waals surface area contributed by atoms with E-state index >= 15 is 0 Å². The number of aliphatic hydroxyl groups excluding tert-OH is 1. The second-order valence-corrected chi connectivity index (χ2v) is 9.87. The summed E-state index contributed by atoms with van der Waals surface area (Å²) in [5.74, 6) is 0.166. The monoisotopic (exact) mass is 526 g/mol. The lowest BCUT2D eigenvalue weighted by Crippen LogP contribution is -2.50. The summed E-state index contributed by atoms with van der Waals surface area (Å²) in [6.45, 7) is 3.54. The molecule has 7 nitrogen and oxygen atoms in total. The van der Waals surface area contributed by atoms with Crippen molar-refractivity contribution >= 4 is 16.6 Å². The molecule has 4 aromatic rings. The van der Waals surface area contributed by atoms with Gasteiger partial charge in [0.1, 0.15) is 24.2 Å². The minimum atomic E-state index is -0.694. The molecule has 1 aliphatic rings. The van der Waals surface area contributed by atoms with Gasteiger partial charge in [-0.05, 0) is 60.4 Å². The van der Waals surface area contributed by atoms with Crippen LogP contribution in [0.4, 0.5) is 10.1 Å².